The van der Waals surface area contributed by atoms with Gasteiger partial charge in [-0.2, -0.15) is 0 Å². The fraction of sp³-hybridized carbons (Fsp3) is 0.864. The van der Waals surface area contributed by atoms with E-state index in [1.165, 1.54) is 12.8 Å². The quantitative estimate of drug-likeness (QED) is 0.171. The Hall–Kier alpha value is -0.940. The van der Waals surface area contributed by atoms with Crippen molar-refractivity contribution in [1.29, 1.82) is 0 Å². The number of hydrogen-bond acceptors (Lipinski definition) is 5. The molecular formula is C22H44IN7O. The van der Waals surface area contributed by atoms with E-state index in [1.807, 2.05) is 6.33 Å². The summed E-state index contributed by atoms with van der Waals surface area (Å²) in [7, 11) is 0. The Morgan fingerprint density at radius 3 is 2.65 bits per heavy atom. The van der Waals surface area contributed by atoms with Crippen LogP contribution in [0.3, 0.4) is 0 Å². The zero-order valence-corrected chi connectivity index (χ0v) is 22.3. The van der Waals surface area contributed by atoms with Gasteiger partial charge in [0.1, 0.15) is 12.2 Å². The predicted molar refractivity (Wildman–Crippen MR) is 138 cm³/mol. The van der Waals surface area contributed by atoms with Gasteiger partial charge >= 0.3 is 0 Å². The molecule has 1 fully saturated rings. The number of hydrogen-bond donors (Lipinski definition) is 2. The van der Waals surface area contributed by atoms with E-state index in [9.17, 15) is 0 Å². The van der Waals surface area contributed by atoms with Gasteiger partial charge < -0.3 is 19.9 Å². The number of morpholine rings is 1. The van der Waals surface area contributed by atoms with Crippen LogP contribution < -0.4 is 10.6 Å². The molecule has 9 heteroatoms. The smallest absolute Gasteiger partial charge is 0.191 e. The number of aromatic nitrogens is 3. The first-order valence-electron chi connectivity index (χ1n) is 11.8. The molecule has 31 heavy (non-hydrogen) atoms. The highest BCUT2D eigenvalue weighted by Crippen LogP contribution is 2.08. The third-order valence-electron chi connectivity index (χ3n) is 5.46. The van der Waals surface area contributed by atoms with Gasteiger partial charge in [0.05, 0.1) is 13.2 Å². The summed E-state index contributed by atoms with van der Waals surface area (Å²) in [6, 6.07) is 0.412. The van der Waals surface area contributed by atoms with Gasteiger partial charge in [-0.1, -0.05) is 33.6 Å². The Bertz CT molecular complexity index is 602. The predicted octanol–water partition coefficient (Wildman–Crippen LogP) is 2.93. The number of halogens is 1. The number of nitrogens with zero attached hydrogens (tertiary/aromatic N) is 5. The highest BCUT2D eigenvalue weighted by Gasteiger charge is 2.10. The van der Waals surface area contributed by atoms with Crippen LogP contribution >= 0.6 is 24.0 Å². The lowest BCUT2D eigenvalue weighted by molar-refractivity contribution is 0.0377. The van der Waals surface area contributed by atoms with Gasteiger partial charge in [0.15, 0.2) is 5.96 Å². The Balaban J connectivity index is 0.00000480. The Labute approximate surface area is 206 Å². The number of aliphatic imine (C=N–C) groups is 1. The van der Waals surface area contributed by atoms with Crippen LogP contribution in [-0.2, 0) is 17.7 Å². The van der Waals surface area contributed by atoms with Gasteiger partial charge in [-0.3, -0.25) is 9.89 Å². The molecule has 2 rings (SSSR count). The molecule has 2 heterocycles. The molecule has 1 aliphatic heterocycles. The van der Waals surface area contributed by atoms with Crippen molar-refractivity contribution in [3.05, 3.63) is 12.2 Å². The summed E-state index contributed by atoms with van der Waals surface area (Å²) in [6.45, 7) is 16.3. The molecule has 0 aliphatic carbocycles. The van der Waals surface area contributed by atoms with Crippen molar-refractivity contribution in [1.82, 2.24) is 30.3 Å². The third-order valence-corrected chi connectivity index (χ3v) is 5.46. The SMILES string of the molecule is CCc1nncn1CCNC(=NCCCN1CCOCC1)NC(C)CCCC(C)C.I. The minimum absolute atomic E-state index is 0. The summed E-state index contributed by atoms with van der Waals surface area (Å²) in [6.07, 6.45) is 7.46. The number of rotatable bonds is 13. The molecule has 0 aromatic carbocycles. The molecule has 180 valence electrons. The van der Waals surface area contributed by atoms with Crippen LogP contribution in [0.25, 0.3) is 0 Å². The van der Waals surface area contributed by atoms with E-state index in [2.05, 4.69) is 58.0 Å². The number of guanidine groups is 1. The first kappa shape index (κ1) is 28.1. The van der Waals surface area contributed by atoms with Gasteiger partial charge in [-0.25, -0.2) is 0 Å². The number of aryl methyl sites for hydroxylation is 1. The van der Waals surface area contributed by atoms with Crippen LogP contribution in [-0.4, -0.2) is 77.6 Å². The van der Waals surface area contributed by atoms with Gasteiger partial charge in [0, 0.05) is 51.7 Å². The zero-order chi connectivity index (χ0) is 21.6. The summed E-state index contributed by atoms with van der Waals surface area (Å²) in [4.78, 5) is 7.31. The second-order valence-corrected chi connectivity index (χ2v) is 8.63. The minimum atomic E-state index is 0. The maximum absolute atomic E-state index is 5.43. The molecule has 1 unspecified atom stereocenters. The van der Waals surface area contributed by atoms with Gasteiger partial charge in [0.2, 0.25) is 0 Å². The lowest BCUT2D eigenvalue weighted by atomic mass is 10.0. The lowest BCUT2D eigenvalue weighted by Gasteiger charge is -2.26. The molecule has 1 aromatic rings. The van der Waals surface area contributed by atoms with Crippen LogP contribution in [0, 0.1) is 5.92 Å². The molecular weight excluding hydrogens is 505 g/mol. The second-order valence-electron chi connectivity index (χ2n) is 8.63. The fourth-order valence-electron chi connectivity index (χ4n) is 3.63. The Kier molecular flexibility index (Phi) is 15.1. The van der Waals surface area contributed by atoms with Crippen LogP contribution in [0.1, 0.15) is 59.2 Å². The van der Waals surface area contributed by atoms with Crippen LogP contribution in [0.4, 0.5) is 0 Å². The van der Waals surface area contributed by atoms with Crippen molar-refractivity contribution < 1.29 is 4.74 Å². The maximum atomic E-state index is 5.43. The van der Waals surface area contributed by atoms with E-state index in [0.29, 0.717) is 6.04 Å². The summed E-state index contributed by atoms with van der Waals surface area (Å²) < 4.78 is 7.53. The van der Waals surface area contributed by atoms with Crippen LogP contribution in [0.5, 0.6) is 0 Å². The third kappa shape index (κ3) is 12.0. The van der Waals surface area contributed by atoms with Gasteiger partial charge in [0.25, 0.3) is 0 Å². The molecule has 0 amide bonds. The van der Waals surface area contributed by atoms with E-state index < -0.39 is 0 Å². The van der Waals surface area contributed by atoms with E-state index in [1.54, 1.807) is 0 Å². The summed E-state index contributed by atoms with van der Waals surface area (Å²) in [5, 5.41) is 15.3. The minimum Gasteiger partial charge on any atom is -0.379 e. The molecule has 2 N–H and O–H groups in total. The van der Waals surface area contributed by atoms with Crippen LogP contribution in [0.15, 0.2) is 11.3 Å². The van der Waals surface area contributed by atoms with E-state index in [-0.39, 0.29) is 24.0 Å². The van der Waals surface area contributed by atoms with E-state index in [4.69, 9.17) is 9.73 Å². The molecule has 1 aromatic heterocycles. The molecule has 1 atom stereocenters. The van der Waals surface area contributed by atoms with Crippen molar-refractivity contribution in [3.63, 3.8) is 0 Å². The summed E-state index contributed by atoms with van der Waals surface area (Å²) in [5.74, 6) is 2.70. The molecule has 0 bridgehead atoms. The first-order valence-corrected chi connectivity index (χ1v) is 11.8. The normalized spacial score (nSPS) is 16.2. The van der Waals surface area contributed by atoms with Crippen molar-refractivity contribution in [2.75, 3.05) is 45.9 Å². The Morgan fingerprint density at radius 2 is 1.94 bits per heavy atom. The fourth-order valence-corrected chi connectivity index (χ4v) is 3.63. The number of ether oxygens (including phenoxy) is 1. The first-order chi connectivity index (χ1) is 14.6. The van der Waals surface area contributed by atoms with Crippen molar-refractivity contribution in [2.45, 2.75) is 72.4 Å². The number of nitrogens with one attached hydrogen (secondary N) is 2. The zero-order valence-electron chi connectivity index (χ0n) is 20.0. The van der Waals surface area contributed by atoms with E-state index >= 15 is 0 Å². The molecule has 8 nitrogen and oxygen atoms in total. The van der Waals surface area contributed by atoms with Gasteiger partial charge in [-0.05, 0) is 25.7 Å². The standard InChI is InChI=1S/C22H43N7O.HI/c1-5-21-27-25-18-29(21)13-11-24-22(26-20(4)9-6-8-19(2)3)23-10-7-12-28-14-16-30-17-15-28;/h18-20H,5-17H2,1-4H3,(H2,23,24,26);1H. The molecule has 0 spiro atoms. The monoisotopic (exact) mass is 549 g/mol. The van der Waals surface area contributed by atoms with Gasteiger partial charge in [-0.15, -0.1) is 34.2 Å². The topological polar surface area (TPSA) is 79.6 Å². The second kappa shape index (κ2) is 16.7. The maximum Gasteiger partial charge on any atom is 0.191 e. The largest absolute Gasteiger partial charge is 0.379 e. The molecule has 1 aliphatic rings. The average molecular weight is 550 g/mol. The molecule has 1 saturated heterocycles. The highest BCUT2D eigenvalue weighted by molar-refractivity contribution is 14.0. The van der Waals surface area contributed by atoms with Crippen molar-refractivity contribution in [2.24, 2.45) is 10.9 Å². The summed E-state index contributed by atoms with van der Waals surface area (Å²) >= 11 is 0. The van der Waals surface area contributed by atoms with Crippen molar-refractivity contribution in [3.8, 4) is 0 Å². The molecule has 0 radical (unpaired) electrons. The highest BCUT2D eigenvalue weighted by atomic mass is 127. The Morgan fingerprint density at radius 1 is 1.16 bits per heavy atom. The van der Waals surface area contributed by atoms with E-state index in [0.717, 1.165) is 89.4 Å². The molecule has 0 saturated carbocycles. The summed E-state index contributed by atoms with van der Waals surface area (Å²) in [5.41, 5.74) is 0. The lowest BCUT2D eigenvalue weighted by Crippen LogP contribution is -2.43. The van der Waals surface area contributed by atoms with Crippen molar-refractivity contribution >= 4 is 29.9 Å². The van der Waals surface area contributed by atoms with Crippen LogP contribution in [0.2, 0.25) is 0 Å². The average Bonchev–Trinajstić information content (AvgIpc) is 3.19.